The number of pyridine rings is 1. The number of aliphatic hydroxyl groups is 1. The van der Waals surface area contributed by atoms with Crippen molar-refractivity contribution in [2.75, 3.05) is 13.7 Å². The number of ether oxygens (including phenoxy) is 1. The molecular weight excluding hydrogens is 178 g/mol. The highest BCUT2D eigenvalue weighted by molar-refractivity contribution is 5.50. The summed E-state index contributed by atoms with van der Waals surface area (Å²) in [6.07, 6.45) is 6.28. The zero-order valence-corrected chi connectivity index (χ0v) is 8.53. The highest BCUT2D eigenvalue weighted by atomic mass is 16.5. The van der Waals surface area contributed by atoms with E-state index in [1.54, 1.807) is 13.3 Å². The molecule has 0 aromatic carbocycles. The van der Waals surface area contributed by atoms with Crippen molar-refractivity contribution in [3.05, 3.63) is 29.5 Å². The smallest absolute Gasteiger partial charge is 0.215 e. The number of hydrogen-bond acceptors (Lipinski definition) is 3. The lowest BCUT2D eigenvalue weighted by Gasteiger charge is -2.02. The van der Waals surface area contributed by atoms with Gasteiger partial charge in [-0.25, -0.2) is 4.98 Å². The van der Waals surface area contributed by atoms with Crippen LogP contribution in [0, 0.1) is 6.92 Å². The third-order valence-electron chi connectivity index (χ3n) is 1.85. The van der Waals surface area contributed by atoms with Crippen molar-refractivity contribution in [3.8, 4) is 5.88 Å². The van der Waals surface area contributed by atoms with Gasteiger partial charge in [0.25, 0.3) is 0 Å². The molecule has 3 heteroatoms. The van der Waals surface area contributed by atoms with E-state index < -0.39 is 0 Å². The molecule has 0 spiro atoms. The van der Waals surface area contributed by atoms with Crippen LogP contribution in [0.1, 0.15) is 17.5 Å². The quantitative estimate of drug-likeness (QED) is 0.792. The molecule has 0 aliphatic carbocycles. The molecule has 1 N–H and O–H groups in total. The van der Waals surface area contributed by atoms with Gasteiger partial charge in [0.15, 0.2) is 0 Å². The number of hydrogen-bond donors (Lipinski definition) is 1. The van der Waals surface area contributed by atoms with E-state index in [1.165, 1.54) is 0 Å². The van der Waals surface area contributed by atoms with E-state index in [9.17, 15) is 0 Å². The Morgan fingerprint density at radius 2 is 2.36 bits per heavy atom. The summed E-state index contributed by atoms with van der Waals surface area (Å²) in [7, 11) is 1.61. The minimum absolute atomic E-state index is 0.180. The zero-order chi connectivity index (χ0) is 10.4. The minimum Gasteiger partial charge on any atom is -0.481 e. The van der Waals surface area contributed by atoms with Crippen molar-refractivity contribution in [1.29, 1.82) is 0 Å². The fraction of sp³-hybridized carbons (Fsp3) is 0.364. The minimum atomic E-state index is 0.180. The summed E-state index contributed by atoms with van der Waals surface area (Å²) in [6, 6.07) is 2.00. The second-order valence-electron chi connectivity index (χ2n) is 3.01. The summed E-state index contributed by atoms with van der Waals surface area (Å²) in [6.45, 7) is 2.13. The largest absolute Gasteiger partial charge is 0.481 e. The molecule has 14 heavy (non-hydrogen) atoms. The number of aryl methyl sites for hydroxylation is 1. The SMILES string of the molecule is COc1ncc(C=CCCO)cc1C. The average molecular weight is 193 g/mol. The zero-order valence-electron chi connectivity index (χ0n) is 8.53. The molecule has 1 aromatic heterocycles. The van der Waals surface area contributed by atoms with Gasteiger partial charge in [0.1, 0.15) is 0 Å². The lowest BCUT2D eigenvalue weighted by molar-refractivity contribution is 0.303. The van der Waals surface area contributed by atoms with Crippen LogP contribution in [-0.2, 0) is 0 Å². The van der Waals surface area contributed by atoms with Gasteiger partial charge in [0, 0.05) is 18.4 Å². The summed E-state index contributed by atoms with van der Waals surface area (Å²) >= 11 is 0. The van der Waals surface area contributed by atoms with Crippen molar-refractivity contribution in [1.82, 2.24) is 4.98 Å². The summed E-state index contributed by atoms with van der Waals surface area (Å²) < 4.78 is 5.05. The van der Waals surface area contributed by atoms with Gasteiger partial charge in [0.2, 0.25) is 5.88 Å². The Morgan fingerprint density at radius 1 is 1.57 bits per heavy atom. The number of nitrogens with zero attached hydrogens (tertiary/aromatic N) is 1. The van der Waals surface area contributed by atoms with Crippen molar-refractivity contribution in [3.63, 3.8) is 0 Å². The van der Waals surface area contributed by atoms with Crippen molar-refractivity contribution in [2.24, 2.45) is 0 Å². The molecule has 0 saturated carbocycles. The topological polar surface area (TPSA) is 42.4 Å². The molecule has 1 aromatic rings. The first-order valence-corrected chi connectivity index (χ1v) is 4.56. The average Bonchev–Trinajstić information content (AvgIpc) is 2.18. The molecule has 0 radical (unpaired) electrons. The van der Waals surface area contributed by atoms with Crippen LogP contribution in [0.4, 0.5) is 0 Å². The predicted molar refractivity (Wildman–Crippen MR) is 56.3 cm³/mol. The number of methoxy groups -OCH3 is 1. The van der Waals surface area contributed by atoms with Gasteiger partial charge in [-0.1, -0.05) is 12.2 Å². The van der Waals surface area contributed by atoms with Crippen LogP contribution < -0.4 is 4.74 Å². The Balaban J connectivity index is 2.76. The van der Waals surface area contributed by atoms with Crippen LogP contribution in [0.15, 0.2) is 18.3 Å². The third kappa shape index (κ3) is 2.85. The normalized spacial score (nSPS) is 10.8. The van der Waals surface area contributed by atoms with E-state index in [1.807, 2.05) is 25.1 Å². The number of aliphatic hydroxyl groups excluding tert-OH is 1. The predicted octanol–water partition coefficient (Wildman–Crippen LogP) is 1.79. The molecule has 0 saturated heterocycles. The monoisotopic (exact) mass is 193 g/mol. The molecule has 0 bridgehead atoms. The Kier molecular flexibility index (Phi) is 4.13. The Labute approximate surface area is 84.1 Å². The first-order valence-electron chi connectivity index (χ1n) is 4.56. The molecule has 3 nitrogen and oxygen atoms in total. The Hall–Kier alpha value is -1.35. The van der Waals surface area contributed by atoms with E-state index in [4.69, 9.17) is 9.84 Å². The molecule has 0 unspecified atom stereocenters. The van der Waals surface area contributed by atoms with Gasteiger partial charge in [-0.05, 0) is 25.0 Å². The first kappa shape index (κ1) is 10.7. The Bertz CT molecular complexity index is 321. The van der Waals surface area contributed by atoms with Gasteiger partial charge in [-0.3, -0.25) is 0 Å². The number of rotatable bonds is 4. The summed E-state index contributed by atoms with van der Waals surface area (Å²) in [5.41, 5.74) is 2.04. The maximum absolute atomic E-state index is 8.59. The Morgan fingerprint density at radius 3 is 2.93 bits per heavy atom. The maximum Gasteiger partial charge on any atom is 0.215 e. The molecular formula is C11H15NO2. The van der Waals surface area contributed by atoms with Crippen molar-refractivity contribution < 1.29 is 9.84 Å². The molecule has 76 valence electrons. The molecule has 0 aliphatic heterocycles. The summed E-state index contributed by atoms with van der Waals surface area (Å²) in [5, 5.41) is 8.59. The first-order chi connectivity index (χ1) is 6.77. The molecule has 0 amide bonds. The third-order valence-corrected chi connectivity index (χ3v) is 1.85. The van der Waals surface area contributed by atoms with E-state index in [0.29, 0.717) is 12.3 Å². The van der Waals surface area contributed by atoms with Crippen LogP contribution >= 0.6 is 0 Å². The second-order valence-corrected chi connectivity index (χ2v) is 3.01. The maximum atomic E-state index is 8.59. The van der Waals surface area contributed by atoms with E-state index in [-0.39, 0.29) is 6.61 Å². The van der Waals surface area contributed by atoms with Crippen LogP contribution in [0.3, 0.4) is 0 Å². The molecule has 0 aliphatic rings. The van der Waals surface area contributed by atoms with Crippen LogP contribution in [0.5, 0.6) is 5.88 Å². The van der Waals surface area contributed by atoms with E-state index in [2.05, 4.69) is 4.98 Å². The lowest BCUT2D eigenvalue weighted by Crippen LogP contribution is -1.91. The van der Waals surface area contributed by atoms with Gasteiger partial charge < -0.3 is 9.84 Å². The van der Waals surface area contributed by atoms with Gasteiger partial charge in [-0.15, -0.1) is 0 Å². The van der Waals surface area contributed by atoms with Crippen LogP contribution in [0.25, 0.3) is 6.08 Å². The highest BCUT2D eigenvalue weighted by Gasteiger charge is 1.98. The van der Waals surface area contributed by atoms with Crippen LogP contribution in [-0.4, -0.2) is 23.8 Å². The number of aromatic nitrogens is 1. The van der Waals surface area contributed by atoms with E-state index >= 15 is 0 Å². The standard InChI is InChI=1S/C11H15NO2/c1-9-7-10(5-3-4-6-13)8-12-11(9)14-2/h3,5,7-8,13H,4,6H2,1-2H3. The van der Waals surface area contributed by atoms with Crippen molar-refractivity contribution in [2.45, 2.75) is 13.3 Å². The molecule has 0 fully saturated rings. The lowest BCUT2D eigenvalue weighted by atomic mass is 10.2. The molecule has 0 atom stereocenters. The van der Waals surface area contributed by atoms with Gasteiger partial charge in [-0.2, -0.15) is 0 Å². The second kappa shape index (κ2) is 5.40. The molecule has 1 heterocycles. The molecule has 1 rings (SSSR count). The van der Waals surface area contributed by atoms with Crippen LogP contribution in [0.2, 0.25) is 0 Å². The van der Waals surface area contributed by atoms with E-state index in [0.717, 1.165) is 11.1 Å². The summed E-state index contributed by atoms with van der Waals surface area (Å²) in [5.74, 6) is 0.657. The van der Waals surface area contributed by atoms with Gasteiger partial charge in [0.05, 0.1) is 7.11 Å². The fourth-order valence-electron chi connectivity index (χ4n) is 1.18. The van der Waals surface area contributed by atoms with Crippen molar-refractivity contribution >= 4 is 6.08 Å². The van der Waals surface area contributed by atoms with Gasteiger partial charge >= 0.3 is 0 Å². The highest BCUT2D eigenvalue weighted by Crippen LogP contribution is 2.15. The fourth-order valence-corrected chi connectivity index (χ4v) is 1.18. The summed E-state index contributed by atoms with van der Waals surface area (Å²) in [4.78, 5) is 4.14.